The molecular formula is C12H14ClNO3. The Morgan fingerprint density at radius 3 is 2.88 bits per heavy atom. The number of hydrogen-bond donors (Lipinski definition) is 1. The summed E-state index contributed by atoms with van der Waals surface area (Å²) in [5, 5.41) is 3.35. The minimum absolute atomic E-state index is 0.0470. The van der Waals surface area contributed by atoms with Crippen molar-refractivity contribution in [1.82, 2.24) is 5.32 Å². The lowest BCUT2D eigenvalue weighted by molar-refractivity contribution is 0.0981. The zero-order valence-corrected chi connectivity index (χ0v) is 10.6. The van der Waals surface area contributed by atoms with Crippen LogP contribution in [-0.2, 0) is 0 Å². The van der Waals surface area contributed by atoms with E-state index < -0.39 is 0 Å². The molecule has 0 atom stereocenters. The second kappa shape index (κ2) is 4.94. The van der Waals surface area contributed by atoms with Crippen LogP contribution >= 0.6 is 11.6 Å². The molecule has 4 nitrogen and oxygen atoms in total. The first-order chi connectivity index (χ1) is 8.15. The molecule has 1 aromatic carbocycles. The van der Waals surface area contributed by atoms with Gasteiger partial charge in [0.15, 0.2) is 17.3 Å². The van der Waals surface area contributed by atoms with Gasteiger partial charge < -0.3 is 14.8 Å². The fourth-order valence-electron chi connectivity index (χ4n) is 1.83. The van der Waals surface area contributed by atoms with Gasteiger partial charge >= 0.3 is 0 Å². The van der Waals surface area contributed by atoms with Crippen molar-refractivity contribution in [1.29, 1.82) is 0 Å². The number of halogens is 1. The van der Waals surface area contributed by atoms with Crippen LogP contribution in [-0.4, -0.2) is 32.6 Å². The zero-order valence-electron chi connectivity index (χ0n) is 9.80. The minimum atomic E-state index is -0.0470. The van der Waals surface area contributed by atoms with Crippen LogP contribution in [0.25, 0.3) is 0 Å². The van der Waals surface area contributed by atoms with Gasteiger partial charge in [-0.2, -0.15) is 0 Å². The first-order valence-electron chi connectivity index (χ1n) is 5.41. The van der Waals surface area contributed by atoms with Gasteiger partial charge in [-0.25, -0.2) is 0 Å². The van der Waals surface area contributed by atoms with Crippen molar-refractivity contribution in [3.05, 3.63) is 22.2 Å². The predicted octanol–water partition coefficient (Wildman–Crippen LogP) is 1.82. The maximum Gasteiger partial charge on any atom is 0.180 e. The van der Waals surface area contributed by atoms with E-state index in [2.05, 4.69) is 5.32 Å². The third-order valence-corrected chi connectivity index (χ3v) is 3.04. The van der Waals surface area contributed by atoms with E-state index in [1.807, 2.05) is 6.92 Å². The molecule has 0 amide bonds. The number of ether oxygens (including phenoxy) is 2. The van der Waals surface area contributed by atoms with E-state index in [-0.39, 0.29) is 12.3 Å². The van der Waals surface area contributed by atoms with Gasteiger partial charge in [0.2, 0.25) is 0 Å². The van der Waals surface area contributed by atoms with E-state index in [0.717, 1.165) is 5.56 Å². The summed E-state index contributed by atoms with van der Waals surface area (Å²) in [5.74, 6) is 1.01. The van der Waals surface area contributed by atoms with E-state index in [1.54, 1.807) is 13.1 Å². The molecule has 17 heavy (non-hydrogen) atoms. The minimum Gasteiger partial charge on any atom is -0.486 e. The van der Waals surface area contributed by atoms with Gasteiger partial charge in [0, 0.05) is 11.1 Å². The lowest BCUT2D eigenvalue weighted by Gasteiger charge is -2.22. The molecule has 0 saturated carbocycles. The van der Waals surface area contributed by atoms with Gasteiger partial charge in [-0.15, -0.1) is 0 Å². The molecule has 2 rings (SSSR count). The van der Waals surface area contributed by atoms with E-state index in [9.17, 15) is 4.79 Å². The summed E-state index contributed by atoms with van der Waals surface area (Å²) in [7, 11) is 1.72. The van der Waals surface area contributed by atoms with Crippen LogP contribution in [0.5, 0.6) is 11.5 Å². The molecule has 0 spiro atoms. The first-order valence-corrected chi connectivity index (χ1v) is 5.79. The number of Topliss-reactive ketones (excluding diaryl/α,β-unsaturated/α-hetero) is 1. The Morgan fingerprint density at radius 2 is 2.18 bits per heavy atom. The third kappa shape index (κ3) is 2.23. The van der Waals surface area contributed by atoms with Crippen LogP contribution in [0.1, 0.15) is 15.9 Å². The standard InChI is InChI=1S/C12H14ClNO3/c1-7-8(13)5-10-12(17-4-3-16-10)11(7)9(15)6-14-2/h5,14H,3-4,6H2,1-2H3. The summed E-state index contributed by atoms with van der Waals surface area (Å²) in [5.41, 5.74) is 1.25. The Bertz CT molecular complexity index is 460. The van der Waals surface area contributed by atoms with Crippen LogP contribution in [0.15, 0.2) is 6.07 Å². The van der Waals surface area contributed by atoms with E-state index in [0.29, 0.717) is 35.3 Å². The summed E-state index contributed by atoms with van der Waals surface area (Å²) < 4.78 is 11.0. The van der Waals surface area contributed by atoms with Gasteiger partial charge in [-0.3, -0.25) is 4.79 Å². The molecule has 5 heteroatoms. The second-order valence-corrected chi connectivity index (χ2v) is 4.24. The Hall–Kier alpha value is -1.26. The highest BCUT2D eigenvalue weighted by atomic mass is 35.5. The number of rotatable bonds is 3. The maximum absolute atomic E-state index is 12.0. The molecule has 0 bridgehead atoms. The molecule has 0 saturated heterocycles. The fraction of sp³-hybridized carbons (Fsp3) is 0.417. The molecule has 92 valence electrons. The van der Waals surface area contributed by atoms with Crippen molar-refractivity contribution in [3.8, 4) is 11.5 Å². The number of carbonyl (C=O) groups is 1. The van der Waals surface area contributed by atoms with Gasteiger partial charge in [0.25, 0.3) is 0 Å². The highest BCUT2D eigenvalue weighted by Gasteiger charge is 2.24. The van der Waals surface area contributed by atoms with Crippen LogP contribution in [0, 0.1) is 6.92 Å². The molecule has 0 aliphatic carbocycles. The number of hydrogen-bond acceptors (Lipinski definition) is 4. The number of ketones is 1. The van der Waals surface area contributed by atoms with Crippen LogP contribution < -0.4 is 14.8 Å². The van der Waals surface area contributed by atoms with Crippen molar-refractivity contribution in [2.24, 2.45) is 0 Å². The average Bonchev–Trinajstić information content (AvgIpc) is 2.31. The molecule has 1 aliphatic heterocycles. The quantitative estimate of drug-likeness (QED) is 0.837. The zero-order chi connectivity index (χ0) is 12.4. The third-order valence-electron chi connectivity index (χ3n) is 2.65. The van der Waals surface area contributed by atoms with Crippen molar-refractivity contribution >= 4 is 17.4 Å². The molecule has 1 N–H and O–H groups in total. The van der Waals surface area contributed by atoms with E-state index in [1.165, 1.54) is 0 Å². The topological polar surface area (TPSA) is 47.6 Å². The van der Waals surface area contributed by atoms with Crippen LogP contribution in [0.2, 0.25) is 5.02 Å². The van der Waals surface area contributed by atoms with Crippen LogP contribution in [0.4, 0.5) is 0 Å². The summed E-state index contributed by atoms with van der Waals surface area (Å²) in [6, 6.07) is 1.70. The lowest BCUT2D eigenvalue weighted by atomic mass is 10.0. The SMILES string of the molecule is CNCC(=O)c1c(C)c(Cl)cc2c1OCCO2. The Balaban J connectivity index is 2.54. The Kier molecular flexibility index (Phi) is 3.54. The molecule has 0 unspecified atom stereocenters. The molecule has 1 aliphatic rings. The molecule has 0 fully saturated rings. The Morgan fingerprint density at radius 1 is 1.47 bits per heavy atom. The van der Waals surface area contributed by atoms with Crippen molar-refractivity contribution in [2.75, 3.05) is 26.8 Å². The fourth-order valence-corrected chi connectivity index (χ4v) is 2.03. The normalized spacial score (nSPS) is 13.6. The largest absolute Gasteiger partial charge is 0.486 e. The van der Waals surface area contributed by atoms with Crippen LogP contribution in [0.3, 0.4) is 0 Å². The molecule has 0 aromatic heterocycles. The second-order valence-electron chi connectivity index (χ2n) is 3.84. The number of carbonyl (C=O) groups excluding carboxylic acids is 1. The van der Waals surface area contributed by atoms with Crippen molar-refractivity contribution in [3.63, 3.8) is 0 Å². The highest BCUT2D eigenvalue weighted by Crippen LogP contribution is 2.39. The Labute approximate surface area is 105 Å². The summed E-state index contributed by atoms with van der Waals surface area (Å²) >= 11 is 6.09. The van der Waals surface area contributed by atoms with E-state index >= 15 is 0 Å². The van der Waals surface area contributed by atoms with E-state index in [4.69, 9.17) is 21.1 Å². The predicted molar refractivity (Wildman–Crippen MR) is 65.4 cm³/mol. The smallest absolute Gasteiger partial charge is 0.180 e. The molecular weight excluding hydrogens is 242 g/mol. The average molecular weight is 256 g/mol. The molecule has 1 heterocycles. The number of nitrogens with one attached hydrogen (secondary N) is 1. The number of likely N-dealkylation sites (N-methyl/N-ethyl adjacent to an activating group) is 1. The molecule has 0 radical (unpaired) electrons. The number of benzene rings is 1. The van der Waals surface area contributed by atoms with Gasteiger partial charge in [0.1, 0.15) is 13.2 Å². The van der Waals surface area contributed by atoms with Crippen molar-refractivity contribution in [2.45, 2.75) is 6.92 Å². The number of fused-ring (bicyclic) bond motifs is 1. The summed E-state index contributed by atoms with van der Waals surface area (Å²) in [6.07, 6.45) is 0. The summed E-state index contributed by atoms with van der Waals surface area (Å²) in [4.78, 5) is 12.0. The maximum atomic E-state index is 12.0. The summed E-state index contributed by atoms with van der Waals surface area (Å²) in [6.45, 7) is 2.99. The highest BCUT2D eigenvalue weighted by molar-refractivity contribution is 6.32. The lowest BCUT2D eigenvalue weighted by Crippen LogP contribution is -2.23. The van der Waals surface area contributed by atoms with Crippen molar-refractivity contribution < 1.29 is 14.3 Å². The monoisotopic (exact) mass is 255 g/mol. The van der Waals surface area contributed by atoms with Gasteiger partial charge in [-0.1, -0.05) is 11.6 Å². The molecule has 1 aromatic rings. The van der Waals surface area contributed by atoms with Gasteiger partial charge in [0.05, 0.1) is 12.1 Å². The van der Waals surface area contributed by atoms with Gasteiger partial charge in [-0.05, 0) is 19.5 Å². The first kappa shape index (κ1) is 12.2.